The monoisotopic (exact) mass is 536 g/mol. The Bertz CT molecular complexity index is 907. The molecule has 7 aliphatic rings. The van der Waals surface area contributed by atoms with Crippen LogP contribution in [-0.4, -0.2) is 29.1 Å². The SMILES string of the molecule is C[C@]12C=CC(=O)C=C1[C@@H]1C[C@@H]1[C@H]1[C@@H]3CC[C@@]4(CCC(=O)O4)[C@@]3(C)C[C@H]3O[C@@]132.S.S.S.S.S. The maximum absolute atomic E-state index is 12.1. The van der Waals surface area contributed by atoms with Crippen LogP contribution < -0.4 is 0 Å². The van der Waals surface area contributed by atoms with E-state index in [4.69, 9.17) is 9.47 Å². The summed E-state index contributed by atoms with van der Waals surface area (Å²) in [5.41, 5.74) is 0.839. The molecule has 2 saturated heterocycles. The van der Waals surface area contributed by atoms with Crippen molar-refractivity contribution in [1.29, 1.82) is 0 Å². The number of ether oxygens (including phenoxy) is 2. The molecule has 0 aromatic rings. The molecule has 4 nitrogen and oxygen atoms in total. The van der Waals surface area contributed by atoms with Gasteiger partial charge in [-0.05, 0) is 74.9 Å². The number of hydrogen-bond acceptors (Lipinski definition) is 4. The Balaban J connectivity index is 0.000000726. The van der Waals surface area contributed by atoms with E-state index >= 15 is 0 Å². The van der Waals surface area contributed by atoms with Crippen LogP contribution in [0.3, 0.4) is 0 Å². The van der Waals surface area contributed by atoms with E-state index in [-0.39, 0.29) is 107 Å². The summed E-state index contributed by atoms with van der Waals surface area (Å²) in [6.07, 6.45) is 11.9. The number of esters is 1. The Morgan fingerprint density at radius 2 is 1.75 bits per heavy atom. The summed E-state index contributed by atoms with van der Waals surface area (Å²) in [7, 11) is 0. The first-order chi connectivity index (χ1) is 12.8. The second-order valence-electron chi connectivity index (χ2n) is 10.7. The molecular weight excluding hydrogens is 501 g/mol. The lowest BCUT2D eigenvalue weighted by Crippen LogP contribution is -2.60. The zero-order valence-corrected chi connectivity index (χ0v) is 23.5. The number of fused-ring (bicyclic) bond motifs is 7. The van der Waals surface area contributed by atoms with Crippen molar-refractivity contribution in [3.8, 4) is 0 Å². The number of carbonyl (C=O) groups excluding carboxylic acids is 2. The van der Waals surface area contributed by atoms with Crippen LogP contribution in [0.25, 0.3) is 0 Å². The smallest absolute Gasteiger partial charge is 0.306 e. The molecule has 0 aromatic heterocycles. The molecule has 182 valence electrons. The molecule has 0 amide bonds. The molecule has 7 rings (SSSR count). The van der Waals surface area contributed by atoms with Gasteiger partial charge in [0.15, 0.2) is 5.78 Å². The van der Waals surface area contributed by atoms with Gasteiger partial charge in [0, 0.05) is 17.3 Å². The van der Waals surface area contributed by atoms with Crippen LogP contribution in [0.4, 0.5) is 0 Å². The fraction of sp³-hybridized carbons (Fsp3) is 0.739. The number of allylic oxidation sites excluding steroid dienone is 2. The third-order valence-corrected chi connectivity index (χ3v) is 10.0. The van der Waals surface area contributed by atoms with Gasteiger partial charge in [-0.15, -0.1) is 0 Å². The highest BCUT2D eigenvalue weighted by Gasteiger charge is 2.85. The summed E-state index contributed by atoms with van der Waals surface area (Å²) in [6.45, 7) is 4.70. The molecular formula is C23H36O4S5. The van der Waals surface area contributed by atoms with Gasteiger partial charge in [0.25, 0.3) is 0 Å². The van der Waals surface area contributed by atoms with E-state index in [1.54, 1.807) is 6.08 Å². The van der Waals surface area contributed by atoms with Crippen LogP contribution in [-0.2, 0) is 19.1 Å². The van der Waals surface area contributed by atoms with Crippen molar-refractivity contribution >= 4 is 79.2 Å². The van der Waals surface area contributed by atoms with Gasteiger partial charge in [-0.25, -0.2) is 0 Å². The fourth-order valence-corrected chi connectivity index (χ4v) is 8.75. The second kappa shape index (κ2) is 8.19. The van der Waals surface area contributed by atoms with Gasteiger partial charge in [-0.2, -0.15) is 67.5 Å². The van der Waals surface area contributed by atoms with Crippen molar-refractivity contribution in [1.82, 2.24) is 0 Å². The Labute approximate surface area is 225 Å². The molecule has 4 saturated carbocycles. The van der Waals surface area contributed by atoms with Gasteiger partial charge in [-0.3, -0.25) is 9.59 Å². The lowest BCUT2D eigenvalue weighted by molar-refractivity contribution is -0.164. The van der Waals surface area contributed by atoms with Crippen LogP contribution in [0, 0.1) is 34.5 Å². The Hall–Kier alpha value is 0.330. The summed E-state index contributed by atoms with van der Waals surface area (Å²) in [5, 5.41) is 0. The predicted octanol–water partition coefficient (Wildman–Crippen LogP) is 3.92. The maximum Gasteiger partial charge on any atom is 0.306 e. The standard InChI is InChI=1S/C23H26O4.5H2S/c1-20-6-3-12(24)9-16(20)13-10-14(13)19-15-4-7-22(8-5-18(25)27-22)21(15,2)11-17-23(19,20)26-17;;;;;/h3,6,9,13-15,17,19H,4-5,7-8,10-11H2,1-2H3;5*1H2/t13-,14+,15+,17-,19+,20+,21+,22-,23-;;;;;/m1...../s1. The number of ketones is 1. The fourth-order valence-electron chi connectivity index (χ4n) is 8.75. The third-order valence-electron chi connectivity index (χ3n) is 10.0. The van der Waals surface area contributed by atoms with Gasteiger partial charge in [-0.1, -0.05) is 18.6 Å². The average molecular weight is 537 g/mol. The predicted molar refractivity (Wildman–Crippen MR) is 148 cm³/mol. The quantitative estimate of drug-likeness (QED) is 0.348. The molecule has 0 aromatic carbocycles. The molecule has 5 aliphatic carbocycles. The Morgan fingerprint density at radius 1 is 1.03 bits per heavy atom. The molecule has 0 unspecified atom stereocenters. The topological polar surface area (TPSA) is 55.9 Å². The third kappa shape index (κ3) is 2.87. The number of hydrogen-bond donors (Lipinski definition) is 0. The van der Waals surface area contributed by atoms with Crippen LogP contribution in [0.1, 0.15) is 52.4 Å². The van der Waals surface area contributed by atoms with Crippen LogP contribution in [0.2, 0.25) is 0 Å². The van der Waals surface area contributed by atoms with Gasteiger partial charge in [0.05, 0.1) is 6.10 Å². The summed E-state index contributed by atoms with van der Waals surface area (Å²) in [6, 6.07) is 0. The first kappa shape index (κ1) is 28.6. The first-order valence-corrected chi connectivity index (χ1v) is 10.7. The first-order valence-electron chi connectivity index (χ1n) is 10.7. The lowest BCUT2D eigenvalue weighted by atomic mass is 9.47. The zero-order valence-electron chi connectivity index (χ0n) is 18.5. The molecule has 2 spiro atoms. The molecule has 9 atom stereocenters. The summed E-state index contributed by atoms with van der Waals surface area (Å²) in [5.74, 6) is 2.41. The van der Waals surface area contributed by atoms with Crippen LogP contribution in [0.5, 0.6) is 0 Å². The van der Waals surface area contributed by atoms with Crippen LogP contribution in [0.15, 0.2) is 23.8 Å². The van der Waals surface area contributed by atoms with Crippen molar-refractivity contribution in [3.05, 3.63) is 23.8 Å². The van der Waals surface area contributed by atoms with E-state index in [1.807, 2.05) is 6.08 Å². The van der Waals surface area contributed by atoms with Gasteiger partial charge in [0.1, 0.15) is 11.2 Å². The minimum atomic E-state index is -0.257. The van der Waals surface area contributed by atoms with Gasteiger partial charge in [0.2, 0.25) is 0 Å². The molecule has 32 heavy (non-hydrogen) atoms. The normalized spacial score (nSPS) is 51.8. The van der Waals surface area contributed by atoms with E-state index < -0.39 is 0 Å². The number of rotatable bonds is 0. The lowest BCUT2D eigenvalue weighted by Gasteiger charge is -2.55. The van der Waals surface area contributed by atoms with Crippen molar-refractivity contribution in [2.45, 2.75) is 69.7 Å². The largest absolute Gasteiger partial charge is 0.458 e. The molecule has 0 N–H and O–H groups in total. The van der Waals surface area contributed by atoms with E-state index in [9.17, 15) is 9.59 Å². The van der Waals surface area contributed by atoms with Crippen molar-refractivity contribution < 1.29 is 19.1 Å². The Morgan fingerprint density at radius 3 is 2.41 bits per heavy atom. The highest BCUT2D eigenvalue weighted by Crippen LogP contribution is 2.82. The van der Waals surface area contributed by atoms with E-state index in [1.165, 1.54) is 12.0 Å². The van der Waals surface area contributed by atoms with E-state index in [0.717, 1.165) is 25.7 Å². The van der Waals surface area contributed by atoms with Crippen molar-refractivity contribution in [2.24, 2.45) is 34.5 Å². The molecule has 2 heterocycles. The van der Waals surface area contributed by atoms with Crippen LogP contribution >= 0.6 is 67.5 Å². The molecule has 2 aliphatic heterocycles. The average Bonchev–Trinajstić information content (AvgIpc) is 3.49. The Kier molecular flexibility index (Phi) is 7.31. The second-order valence-corrected chi connectivity index (χ2v) is 10.7. The van der Waals surface area contributed by atoms with E-state index in [0.29, 0.717) is 30.1 Å². The summed E-state index contributed by atoms with van der Waals surface area (Å²) in [4.78, 5) is 24.1. The highest BCUT2D eigenvalue weighted by molar-refractivity contribution is 7.60. The summed E-state index contributed by atoms with van der Waals surface area (Å²) < 4.78 is 12.7. The number of carbonyl (C=O) groups is 2. The maximum atomic E-state index is 12.1. The minimum Gasteiger partial charge on any atom is -0.458 e. The zero-order chi connectivity index (χ0) is 18.4. The van der Waals surface area contributed by atoms with Gasteiger partial charge < -0.3 is 9.47 Å². The minimum absolute atomic E-state index is 0. The highest BCUT2D eigenvalue weighted by atomic mass is 32.1. The van der Waals surface area contributed by atoms with E-state index in [2.05, 4.69) is 19.9 Å². The molecule has 6 fully saturated rings. The van der Waals surface area contributed by atoms with Crippen molar-refractivity contribution in [3.63, 3.8) is 0 Å². The molecule has 0 radical (unpaired) electrons. The molecule has 0 bridgehead atoms. The number of epoxide rings is 1. The summed E-state index contributed by atoms with van der Waals surface area (Å²) >= 11 is 0. The van der Waals surface area contributed by atoms with Gasteiger partial charge >= 0.3 is 5.97 Å². The van der Waals surface area contributed by atoms with Crippen molar-refractivity contribution in [2.75, 3.05) is 0 Å². The molecule has 9 heteroatoms.